The number of rotatable bonds is 2. The van der Waals surface area contributed by atoms with Crippen molar-refractivity contribution in [3.8, 4) is 0 Å². The molecule has 1 unspecified atom stereocenters. The number of benzene rings is 1. The van der Waals surface area contributed by atoms with Crippen molar-refractivity contribution in [1.29, 1.82) is 0 Å². The van der Waals surface area contributed by atoms with Crippen LogP contribution in [0.15, 0.2) is 30.5 Å². The third-order valence-electron chi connectivity index (χ3n) is 3.90. The Kier molecular flexibility index (Phi) is 3.08. The fourth-order valence-electron chi connectivity index (χ4n) is 3.03. The molecule has 1 aliphatic rings. The SMILES string of the molecule is CCc1c[nH]c(=S)n1C1CCCc2ccccc21. The van der Waals surface area contributed by atoms with Crippen LogP contribution in [0, 0.1) is 4.77 Å². The highest BCUT2D eigenvalue weighted by molar-refractivity contribution is 7.71. The van der Waals surface area contributed by atoms with E-state index < -0.39 is 0 Å². The number of aromatic nitrogens is 2. The largest absolute Gasteiger partial charge is 0.337 e. The van der Waals surface area contributed by atoms with Gasteiger partial charge in [0.05, 0.1) is 6.04 Å². The molecule has 18 heavy (non-hydrogen) atoms. The summed E-state index contributed by atoms with van der Waals surface area (Å²) in [5.74, 6) is 0. The zero-order valence-electron chi connectivity index (χ0n) is 10.6. The molecule has 0 saturated carbocycles. The standard InChI is InChI=1S/C15H18N2S/c1-2-12-10-16-15(18)17(12)14-9-5-7-11-6-3-4-8-13(11)14/h3-4,6,8,10,14H,2,5,7,9H2,1H3,(H,16,18). The molecule has 3 heteroatoms. The molecule has 3 rings (SSSR count). The Morgan fingerprint density at radius 2 is 2.22 bits per heavy atom. The summed E-state index contributed by atoms with van der Waals surface area (Å²) in [6, 6.07) is 9.21. The summed E-state index contributed by atoms with van der Waals surface area (Å²) in [6.45, 7) is 2.18. The van der Waals surface area contributed by atoms with Crippen LogP contribution in [-0.2, 0) is 12.8 Å². The number of nitrogens with one attached hydrogen (secondary N) is 1. The first-order valence-electron chi connectivity index (χ1n) is 6.68. The quantitative estimate of drug-likeness (QED) is 0.806. The van der Waals surface area contributed by atoms with Crippen LogP contribution < -0.4 is 0 Å². The van der Waals surface area contributed by atoms with E-state index >= 15 is 0 Å². The van der Waals surface area contributed by atoms with Gasteiger partial charge in [-0.25, -0.2) is 0 Å². The highest BCUT2D eigenvalue weighted by atomic mass is 32.1. The first-order chi connectivity index (χ1) is 8.81. The fourth-order valence-corrected chi connectivity index (χ4v) is 3.33. The smallest absolute Gasteiger partial charge is 0.177 e. The van der Waals surface area contributed by atoms with Crippen LogP contribution in [0.1, 0.15) is 42.6 Å². The van der Waals surface area contributed by atoms with Gasteiger partial charge in [-0.3, -0.25) is 0 Å². The number of hydrogen-bond acceptors (Lipinski definition) is 1. The van der Waals surface area contributed by atoms with Gasteiger partial charge in [-0.2, -0.15) is 0 Å². The fraction of sp³-hybridized carbons (Fsp3) is 0.400. The van der Waals surface area contributed by atoms with Gasteiger partial charge in [0, 0.05) is 11.9 Å². The topological polar surface area (TPSA) is 20.7 Å². The Hall–Kier alpha value is -1.35. The average Bonchev–Trinajstić information content (AvgIpc) is 2.79. The number of H-pyrrole nitrogens is 1. The number of hydrogen-bond donors (Lipinski definition) is 1. The molecule has 1 heterocycles. The lowest BCUT2D eigenvalue weighted by molar-refractivity contribution is 0.474. The lowest BCUT2D eigenvalue weighted by atomic mass is 9.87. The molecule has 94 valence electrons. The van der Waals surface area contributed by atoms with Gasteiger partial charge in [-0.05, 0) is 49.0 Å². The van der Waals surface area contributed by atoms with Gasteiger partial charge in [0.1, 0.15) is 0 Å². The maximum absolute atomic E-state index is 5.46. The Morgan fingerprint density at radius 3 is 3.06 bits per heavy atom. The van der Waals surface area contributed by atoms with Crippen LogP contribution in [0.2, 0.25) is 0 Å². The summed E-state index contributed by atoms with van der Waals surface area (Å²) in [5, 5.41) is 0. The van der Waals surface area contributed by atoms with Gasteiger partial charge in [0.25, 0.3) is 0 Å². The van der Waals surface area contributed by atoms with Gasteiger partial charge in [0.15, 0.2) is 4.77 Å². The monoisotopic (exact) mass is 258 g/mol. The van der Waals surface area contributed by atoms with Crippen LogP contribution in [0.4, 0.5) is 0 Å². The molecular formula is C15H18N2S. The number of aromatic amines is 1. The van der Waals surface area contributed by atoms with Gasteiger partial charge in [0.2, 0.25) is 0 Å². The van der Waals surface area contributed by atoms with Crippen LogP contribution in [-0.4, -0.2) is 9.55 Å². The molecule has 1 aliphatic carbocycles. The Balaban J connectivity index is 2.14. The van der Waals surface area contributed by atoms with E-state index in [2.05, 4.69) is 46.9 Å². The van der Waals surface area contributed by atoms with Gasteiger partial charge < -0.3 is 9.55 Å². The van der Waals surface area contributed by atoms with E-state index in [1.807, 2.05) is 0 Å². The molecule has 1 atom stereocenters. The molecule has 2 aromatic rings. The summed E-state index contributed by atoms with van der Waals surface area (Å²) < 4.78 is 3.17. The minimum atomic E-state index is 0.420. The molecule has 0 saturated heterocycles. The van der Waals surface area contributed by atoms with Crippen LogP contribution in [0.25, 0.3) is 0 Å². The van der Waals surface area contributed by atoms with E-state index in [4.69, 9.17) is 12.2 Å². The van der Waals surface area contributed by atoms with Crippen LogP contribution in [0.5, 0.6) is 0 Å². The molecule has 2 nitrogen and oxygen atoms in total. The normalized spacial score (nSPS) is 18.6. The molecule has 1 aromatic heterocycles. The van der Waals surface area contributed by atoms with Gasteiger partial charge >= 0.3 is 0 Å². The van der Waals surface area contributed by atoms with Crippen molar-refractivity contribution in [1.82, 2.24) is 9.55 Å². The Labute approximate surface area is 113 Å². The summed E-state index contributed by atoms with van der Waals surface area (Å²) in [5.41, 5.74) is 4.25. The first kappa shape index (κ1) is 11.7. The first-order valence-corrected chi connectivity index (χ1v) is 7.08. The summed E-state index contributed by atoms with van der Waals surface area (Å²) in [6.07, 6.45) is 6.71. The second-order valence-corrected chi connectivity index (χ2v) is 5.30. The maximum atomic E-state index is 5.46. The van der Waals surface area contributed by atoms with Crippen molar-refractivity contribution in [3.63, 3.8) is 0 Å². The molecule has 0 aliphatic heterocycles. The highest BCUT2D eigenvalue weighted by Crippen LogP contribution is 2.33. The Morgan fingerprint density at radius 1 is 1.39 bits per heavy atom. The van der Waals surface area contributed by atoms with E-state index in [-0.39, 0.29) is 0 Å². The van der Waals surface area contributed by atoms with Crippen molar-refractivity contribution in [2.45, 2.75) is 38.6 Å². The molecule has 0 bridgehead atoms. The Bertz CT molecular complexity index is 609. The minimum Gasteiger partial charge on any atom is -0.337 e. The summed E-state index contributed by atoms with van der Waals surface area (Å²) >= 11 is 5.46. The van der Waals surface area contributed by atoms with Crippen molar-refractivity contribution >= 4 is 12.2 Å². The molecule has 0 radical (unpaired) electrons. The molecule has 0 fully saturated rings. The van der Waals surface area contributed by atoms with Crippen molar-refractivity contribution < 1.29 is 0 Å². The number of aryl methyl sites for hydroxylation is 2. The third-order valence-corrected chi connectivity index (χ3v) is 4.22. The number of fused-ring (bicyclic) bond motifs is 1. The van der Waals surface area contributed by atoms with E-state index in [1.54, 1.807) is 0 Å². The zero-order chi connectivity index (χ0) is 12.5. The van der Waals surface area contributed by atoms with Crippen molar-refractivity contribution in [2.24, 2.45) is 0 Å². The van der Waals surface area contributed by atoms with Crippen LogP contribution >= 0.6 is 12.2 Å². The second-order valence-electron chi connectivity index (χ2n) is 4.92. The van der Waals surface area contributed by atoms with Crippen molar-refractivity contribution in [3.05, 3.63) is 52.1 Å². The zero-order valence-corrected chi connectivity index (χ0v) is 11.5. The highest BCUT2D eigenvalue weighted by Gasteiger charge is 2.23. The predicted molar refractivity (Wildman–Crippen MR) is 76.5 cm³/mol. The van der Waals surface area contributed by atoms with Gasteiger partial charge in [-0.1, -0.05) is 31.2 Å². The summed E-state index contributed by atoms with van der Waals surface area (Å²) in [7, 11) is 0. The van der Waals surface area contributed by atoms with E-state index in [0.29, 0.717) is 6.04 Å². The third kappa shape index (κ3) is 1.83. The lowest BCUT2D eigenvalue weighted by Crippen LogP contribution is -2.19. The maximum Gasteiger partial charge on any atom is 0.177 e. The summed E-state index contributed by atoms with van der Waals surface area (Å²) in [4.78, 5) is 3.19. The molecule has 1 N–H and O–H groups in total. The number of imidazole rings is 1. The average molecular weight is 258 g/mol. The number of nitrogens with zero attached hydrogens (tertiary/aromatic N) is 1. The van der Waals surface area contributed by atoms with E-state index in [1.165, 1.54) is 36.1 Å². The van der Waals surface area contributed by atoms with Gasteiger partial charge in [-0.15, -0.1) is 0 Å². The van der Waals surface area contributed by atoms with Crippen LogP contribution in [0.3, 0.4) is 0 Å². The molecular weight excluding hydrogens is 240 g/mol. The molecule has 0 amide bonds. The lowest BCUT2D eigenvalue weighted by Gasteiger charge is -2.28. The second kappa shape index (κ2) is 4.73. The predicted octanol–water partition coefficient (Wildman–Crippen LogP) is 4.03. The molecule has 1 aromatic carbocycles. The minimum absolute atomic E-state index is 0.420. The van der Waals surface area contributed by atoms with E-state index in [0.717, 1.165) is 11.2 Å². The van der Waals surface area contributed by atoms with Crippen molar-refractivity contribution in [2.75, 3.05) is 0 Å². The molecule has 0 spiro atoms. The van der Waals surface area contributed by atoms with E-state index in [9.17, 15) is 0 Å².